The van der Waals surface area contributed by atoms with Gasteiger partial charge < -0.3 is 9.84 Å². The molecule has 1 fully saturated rings. The Hall–Kier alpha value is -2.15. The van der Waals surface area contributed by atoms with Crippen molar-refractivity contribution in [2.45, 2.75) is 32.9 Å². The van der Waals surface area contributed by atoms with Crippen molar-refractivity contribution in [1.29, 1.82) is 0 Å². The highest BCUT2D eigenvalue weighted by Crippen LogP contribution is 2.33. The second-order valence-electron chi connectivity index (χ2n) is 5.23. The van der Waals surface area contributed by atoms with Crippen molar-refractivity contribution in [3.8, 4) is 0 Å². The number of imide groups is 1. The van der Waals surface area contributed by atoms with Gasteiger partial charge in [0, 0.05) is 10.4 Å². The van der Waals surface area contributed by atoms with Gasteiger partial charge in [-0.05, 0) is 32.2 Å². The van der Waals surface area contributed by atoms with Crippen molar-refractivity contribution < 1.29 is 14.1 Å². The van der Waals surface area contributed by atoms with E-state index >= 15 is 0 Å². The molecule has 2 aromatic rings. The molecule has 1 saturated heterocycles. The lowest BCUT2D eigenvalue weighted by atomic mass is 10.0. The normalized spacial score (nSPS) is 22.0. The summed E-state index contributed by atoms with van der Waals surface area (Å²) in [4.78, 5) is 26.9. The van der Waals surface area contributed by atoms with E-state index in [4.69, 9.17) is 4.52 Å². The van der Waals surface area contributed by atoms with E-state index < -0.39 is 11.6 Å². The van der Waals surface area contributed by atoms with Crippen LogP contribution >= 0.6 is 11.3 Å². The second kappa shape index (κ2) is 4.70. The van der Waals surface area contributed by atoms with Crippen LogP contribution in [0.5, 0.6) is 0 Å². The van der Waals surface area contributed by atoms with Gasteiger partial charge >= 0.3 is 6.03 Å². The summed E-state index contributed by atoms with van der Waals surface area (Å²) >= 11 is 1.45. The molecule has 1 aliphatic rings. The Balaban J connectivity index is 1.92. The molecule has 0 saturated carbocycles. The number of thiophene rings is 1. The first-order valence-electron chi connectivity index (χ1n) is 6.53. The van der Waals surface area contributed by atoms with Crippen LogP contribution in [0.25, 0.3) is 0 Å². The molecule has 0 radical (unpaired) electrons. The lowest BCUT2D eigenvalue weighted by Crippen LogP contribution is -2.40. The van der Waals surface area contributed by atoms with Crippen LogP contribution in [0.15, 0.2) is 22.0 Å². The number of rotatable bonds is 3. The predicted octanol–water partition coefficient (Wildman–Crippen LogP) is 2.32. The quantitative estimate of drug-likeness (QED) is 0.883. The van der Waals surface area contributed by atoms with Crippen LogP contribution in [-0.2, 0) is 16.9 Å². The van der Waals surface area contributed by atoms with Crippen molar-refractivity contribution >= 4 is 23.3 Å². The van der Waals surface area contributed by atoms with Crippen LogP contribution in [0.3, 0.4) is 0 Å². The van der Waals surface area contributed by atoms with E-state index in [-0.39, 0.29) is 12.5 Å². The molecule has 3 amide bonds. The number of amides is 3. The van der Waals surface area contributed by atoms with Crippen LogP contribution in [0, 0.1) is 13.8 Å². The van der Waals surface area contributed by atoms with E-state index in [2.05, 4.69) is 10.5 Å². The summed E-state index contributed by atoms with van der Waals surface area (Å²) in [5, 5.41) is 8.52. The lowest BCUT2D eigenvalue weighted by Gasteiger charge is -2.20. The maximum absolute atomic E-state index is 12.7. The van der Waals surface area contributed by atoms with E-state index in [9.17, 15) is 9.59 Å². The molecule has 1 aliphatic heterocycles. The number of carbonyl (C=O) groups excluding carboxylic acids is 2. The minimum absolute atomic E-state index is 0.173. The van der Waals surface area contributed by atoms with Crippen molar-refractivity contribution in [2.75, 3.05) is 0 Å². The van der Waals surface area contributed by atoms with Gasteiger partial charge in [0.15, 0.2) is 5.54 Å². The van der Waals surface area contributed by atoms with Gasteiger partial charge in [-0.25, -0.2) is 4.79 Å². The monoisotopic (exact) mass is 305 g/mol. The Bertz CT molecular complexity index is 688. The van der Waals surface area contributed by atoms with Crippen LogP contribution in [-0.4, -0.2) is 22.0 Å². The number of urea groups is 1. The number of carbonyl (C=O) groups is 2. The predicted molar refractivity (Wildman–Crippen MR) is 76.7 cm³/mol. The van der Waals surface area contributed by atoms with Crippen molar-refractivity contribution in [2.24, 2.45) is 0 Å². The molecule has 0 unspecified atom stereocenters. The van der Waals surface area contributed by atoms with E-state index in [0.29, 0.717) is 11.5 Å². The Kier molecular flexibility index (Phi) is 3.09. The number of hydrogen-bond donors (Lipinski definition) is 1. The molecule has 0 aromatic carbocycles. The Morgan fingerprint density at radius 2 is 2.19 bits per heavy atom. The summed E-state index contributed by atoms with van der Waals surface area (Å²) in [6.45, 7) is 5.47. The van der Waals surface area contributed by atoms with Crippen LogP contribution in [0.1, 0.15) is 28.8 Å². The fourth-order valence-corrected chi connectivity index (χ4v) is 3.29. The van der Waals surface area contributed by atoms with Gasteiger partial charge in [-0.15, -0.1) is 11.3 Å². The van der Waals surface area contributed by atoms with Gasteiger partial charge in [0.1, 0.15) is 5.76 Å². The average molecular weight is 305 g/mol. The molecular weight excluding hydrogens is 290 g/mol. The lowest BCUT2D eigenvalue weighted by molar-refractivity contribution is -0.131. The minimum atomic E-state index is -0.996. The molecule has 1 N–H and O–H groups in total. The summed E-state index contributed by atoms with van der Waals surface area (Å²) < 4.78 is 5.08. The van der Waals surface area contributed by atoms with Gasteiger partial charge in [-0.3, -0.25) is 9.69 Å². The average Bonchev–Trinajstić information content (AvgIpc) is 3.11. The first kappa shape index (κ1) is 13.8. The van der Waals surface area contributed by atoms with Gasteiger partial charge in [-0.2, -0.15) is 0 Å². The summed E-state index contributed by atoms with van der Waals surface area (Å²) in [6, 6.07) is 3.32. The summed E-state index contributed by atoms with van der Waals surface area (Å²) in [5.41, 5.74) is 0.469. The van der Waals surface area contributed by atoms with Crippen molar-refractivity contribution in [1.82, 2.24) is 15.4 Å². The largest absolute Gasteiger partial charge is 0.361 e. The fourth-order valence-electron chi connectivity index (χ4n) is 2.46. The van der Waals surface area contributed by atoms with Gasteiger partial charge in [0.2, 0.25) is 0 Å². The van der Waals surface area contributed by atoms with E-state index in [1.165, 1.54) is 16.2 Å². The first-order chi connectivity index (χ1) is 9.93. The van der Waals surface area contributed by atoms with E-state index in [0.717, 1.165) is 10.4 Å². The van der Waals surface area contributed by atoms with E-state index in [1.807, 2.05) is 17.5 Å². The molecule has 3 rings (SSSR count). The molecule has 0 spiro atoms. The maximum atomic E-state index is 12.7. The van der Waals surface area contributed by atoms with E-state index in [1.54, 1.807) is 20.8 Å². The number of hydrogen-bond acceptors (Lipinski definition) is 5. The molecule has 110 valence electrons. The SMILES string of the molecule is Cc1noc(C)c1CN1C(=O)N[C@](C)(c2cccs2)C1=O. The zero-order chi connectivity index (χ0) is 15.2. The van der Waals surface area contributed by atoms with Gasteiger partial charge in [0.05, 0.1) is 12.2 Å². The number of nitrogens with one attached hydrogen (secondary N) is 1. The molecule has 0 aliphatic carbocycles. The first-order valence-corrected chi connectivity index (χ1v) is 7.41. The summed E-state index contributed by atoms with van der Waals surface area (Å²) in [5.74, 6) is 0.368. The summed E-state index contributed by atoms with van der Waals surface area (Å²) in [6.07, 6.45) is 0. The van der Waals surface area contributed by atoms with Crippen molar-refractivity contribution in [3.63, 3.8) is 0 Å². The minimum Gasteiger partial charge on any atom is -0.361 e. The Morgan fingerprint density at radius 3 is 2.76 bits per heavy atom. The Morgan fingerprint density at radius 1 is 1.43 bits per heavy atom. The number of aromatic nitrogens is 1. The van der Waals surface area contributed by atoms with Crippen LogP contribution in [0.4, 0.5) is 4.79 Å². The molecule has 0 bridgehead atoms. The highest BCUT2D eigenvalue weighted by atomic mass is 32.1. The molecule has 1 atom stereocenters. The van der Waals surface area contributed by atoms with Crippen LogP contribution in [0.2, 0.25) is 0 Å². The fraction of sp³-hybridized carbons (Fsp3) is 0.357. The third-order valence-electron chi connectivity index (χ3n) is 3.79. The number of nitrogens with zero attached hydrogens (tertiary/aromatic N) is 2. The standard InChI is InChI=1S/C14H15N3O3S/c1-8-10(9(2)20-16-8)7-17-12(18)14(3,15-13(17)19)11-5-4-6-21-11/h4-6H,7H2,1-3H3,(H,15,19)/t14-/m1/s1. The molecule has 2 aromatic heterocycles. The summed E-state index contributed by atoms with van der Waals surface area (Å²) in [7, 11) is 0. The Labute approximate surface area is 125 Å². The van der Waals surface area contributed by atoms with Crippen LogP contribution < -0.4 is 5.32 Å². The zero-order valence-electron chi connectivity index (χ0n) is 12.0. The van der Waals surface area contributed by atoms with Gasteiger partial charge in [-0.1, -0.05) is 11.2 Å². The molecule has 7 heteroatoms. The third-order valence-corrected chi connectivity index (χ3v) is 4.88. The molecule has 21 heavy (non-hydrogen) atoms. The zero-order valence-corrected chi connectivity index (χ0v) is 12.8. The second-order valence-corrected chi connectivity index (χ2v) is 6.17. The number of aryl methyl sites for hydroxylation is 2. The van der Waals surface area contributed by atoms with Crippen molar-refractivity contribution in [3.05, 3.63) is 39.4 Å². The maximum Gasteiger partial charge on any atom is 0.325 e. The van der Waals surface area contributed by atoms with Gasteiger partial charge in [0.25, 0.3) is 5.91 Å². The molecule has 3 heterocycles. The third kappa shape index (κ3) is 2.04. The molecule has 6 nitrogen and oxygen atoms in total. The topological polar surface area (TPSA) is 75.4 Å². The highest BCUT2D eigenvalue weighted by Gasteiger charge is 2.49. The smallest absolute Gasteiger partial charge is 0.325 e. The molecular formula is C14H15N3O3S. The highest BCUT2D eigenvalue weighted by molar-refractivity contribution is 7.10.